The summed E-state index contributed by atoms with van der Waals surface area (Å²) in [5.41, 5.74) is -1.37. The second-order valence-corrected chi connectivity index (χ2v) is 8.34. The highest BCUT2D eigenvalue weighted by Gasteiger charge is 2.59. The number of nitrogens with zero attached hydrogens (tertiary/aromatic N) is 1. The SMILES string of the molecule is Cc1ccc(C2=C(CCl)C(O)N[C@@](c3ccc(OCCCC(F)(F)F)cc3)(C(F)(F)F)C2)nc1. The number of aromatic nitrogens is 1. The van der Waals surface area contributed by atoms with Crippen molar-refractivity contribution in [1.82, 2.24) is 10.3 Å². The van der Waals surface area contributed by atoms with E-state index in [-0.39, 0.29) is 47.1 Å². The lowest BCUT2D eigenvalue weighted by atomic mass is 9.77. The molecule has 2 N–H and O–H groups in total. The second-order valence-electron chi connectivity index (χ2n) is 8.08. The van der Waals surface area contributed by atoms with Gasteiger partial charge in [0.1, 0.15) is 17.5 Å². The number of aliphatic hydroxyl groups excluding tert-OH is 1. The smallest absolute Gasteiger partial charge is 0.411 e. The molecule has 2 heterocycles. The van der Waals surface area contributed by atoms with E-state index in [0.29, 0.717) is 0 Å². The molecule has 4 nitrogen and oxygen atoms in total. The molecule has 2 aromatic rings. The third kappa shape index (κ3) is 5.84. The summed E-state index contributed by atoms with van der Waals surface area (Å²) in [6.07, 6.45) is -11.2. The van der Waals surface area contributed by atoms with E-state index in [4.69, 9.17) is 16.3 Å². The zero-order valence-corrected chi connectivity index (χ0v) is 18.9. The zero-order valence-electron chi connectivity index (χ0n) is 18.1. The first kappa shape index (κ1) is 26.3. The standard InChI is InChI=1S/C23H23ClF6N2O2/c1-14-3-8-19(31-13-14)17-11-21(23(28,29)30,32-20(33)18(17)12-24)15-4-6-16(7-5-15)34-10-2-9-22(25,26)27/h3-8,13,20,32-33H,2,9-12H2,1H3/t20?,21-/m0/s1. The number of rotatable bonds is 7. The molecular formula is C23H23ClF6N2O2. The van der Waals surface area contributed by atoms with Crippen LogP contribution in [0.15, 0.2) is 48.2 Å². The third-order valence-corrected chi connectivity index (χ3v) is 5.90. The average molecular weight is 509 g/mol. The van der Waals surface area contributed by atoms with Gasteiger partial charge in [-0.2, -0.15) is 26.3 Å². The molecule has 186 valence electrons. The third-order valence-electron chi connectivity index (χ3n) is 5.61. The van der Waals surface area contributed by atoms with Crippen molar-refractivity contribution in [2.75, 3.05) is 12.5 Å². The minimum atomic E-state index is -4.82. The van der Waals surface area contributed by atoms with Gasteiger partial charge in [0.25, 0.3) is 0 Å². The number of alkyl halides is 7. The predicted molar refractivity (Wildman–Crippen MR) is 115 cm³/mol. The average Bonchev–Trinajstić information content (AvgIpc) is 2.75. The van der Waals surface area contributed by atoms with Crippen molar-refractivity contribution in [3.63, 3.8) is 0 Å². The van der Waals surface area contributed by atoms with Crippen molar-refractivity contribution >= 4 is 17.2 Å². The Bertz CT molecular complexity index is 1010. The van der Waals surface area contributed by atoms with Gasteiger partial charge in [0.2, 0.25) is 0 Å². The first-order chi connectivity index (χ1) is 15.9. The Hall–Kier alpha value is -2.30. The lowest BCUT2D eigenvalue weighted by Gasteiger charge is -2.44. The lowest BCUT2D eigenvalue weighted by molar-refractivity contribution is -0.209. The van der Waals surface area contributed by atoms with Gasteiger partial charge in [-0.05, 0) is 53.8 Å². The van der Waals surface area contributed by atoms with Gasteiger partial charge in [-0.3, -0.25) is 10.3 Å². The van der Waals surface area contributed by atoms with Crippen molar-refractivity contribution in [2.45, 2.75) is 50.3 Å². The Balaban J connectivity index is 1.92. The highest BCUT2D eigenvalue weighted by atomic mass is 35.5. The summed E-state index contributed by atoms with van der Waals surface area (Å²) in [6.45, 7) is 1.56. The molecule has 0 bridgehead atoms. The van der Waals surface area contributed by atoms with Gasteiger partial charge in [-0.15, -0.1) is 11.6 Å². The molecule has 11 heteroatoms. The monoisotopic (exact) mass is 508 g/mol. The largest absolute Gasteiger partial charge is 0.494 e. The maximum atomic E-state index is 14.5. The van der Waals surface area contributed by atoms with Crippen molar-refractivity contribution in [3.8, 4) is 5.75 Å². The van der Waals surface area contributed by atoms with E-state index in [2.05, 4.69) is 10.3 Å². The van der Waals surface area contributed by atoms with Gasteiger partial charge in [0.15, 0.2) is 0 Å². The number of hydrogen-bond donors (Lipinski definition) is 2. The topological polar surface area (TPSA) is 54.4 Å². The van der Waals surface area contributed by atoms with Crippen LogP contribution >= 0.6 is 11.6 Å². The lowest BCUT2D eigenvalue weighted by Crippen LogP contribution is -2.60. The van der Waals surface area contributed by atoms with Crippen LogP contribution in [-0.2, 0) is 5.54 Å². The molecular weight excluding hydrogens is 486 g/mol. The van der Waals surface area contributed by atoms with Crippen LogP contribution in [0, 0.1) is 6.92 Å². The summed E-state index contributed by atoms with van der Waals surface area (Å²) in [5, 5.41) is 12.9. The normalized spacial score (nSPS) is 21.6. The molecule has 1 aromatic heterocycles. The first-order valence-electron chi connectivity index (χ1n) is 10.4. The van der Waals surface area contributed by atoms with E-state index < -0.39 is 37.0 Å². The predicted octanol–water partition coefficient (Wildman–Crippen LogP) is 5.87. The summed E-state index contributed by atoms with van der Waals surface area (Å²) in [5.74, 6) is -0.0606. The highest BCUT2D eigenvalue weighted by molar-refractivity contribution is 6.20. The number of pyridine rings is 1. The molecule has 1 aliphatic rings. The fourth-order valence-corrected chi connectivity index (χ4v) is 4.11. The van der Waals surface area contributed by atoms with E-state index in [1.54, 1.807) is 19.1 Å². The number of aliphatic hydroxyl groups is 1. The zero-order chi connectivity index (χ0) is 25.1. The Morgan fingerprint density at radius 3 is 2.32 bits per heavy atom. The minimum absolute atomic E-state index is 0.136. The number of ether oxygens (including phenoxy) is 1. The van der Waals surface area contributed by atoms with Crippen molar-refractivity contribution < 1.29 is 36.2 Å². The van der Waals surface area contributed by atoms with Gasteiger partial charge < -0.3 is 9.84 Å². The molecule has 1 aliphatic heterocycles. The molecule has 1 unspecified atom stereocenters. The number of benzene rings is 1. The highest BCUT2D eigenvalue weighted by Crippen LogP contribution is 2.49. The summed E-state index contributed by atoms with van der Waals surface area (Å²) < 4.78 is 85.5. The summed E-state index contributed by atoms with van der Waals surface area (Å²) in [6, 6.07) is 8.16. The molecule has 3 rings (SSSR count). The van der Waals surface area contributed by atoms with E-state index in [1.165, 1.54) is 30.5 Å². The Morgan fingerprint density at radius 1 is 1.12 bits per heavy atom. The molecule has 0 spiro atoms. The number of hydrogen-bond acceptors (Lipinski definition) is 4. The minimum Gasteiger partial charge on any atom is -0.494 e. The molecule has 0 saturated heterocycles. The molecule has 0 amide bonds. The second kappa shape index (κ2) is 10.1. The maximum absolute atomic E-state index is 14.5. The molecule has 0 saturated carbocycles. The molecule has 0 fully saturated rings. The van der Waals surface area contributed by atoms with Crippen LogP contribution in [0.4, 0.5) is 26.3 Å². The van der Waals surface area contributed by atoms with Gasteiger partial charge >= 0.3 is 12.4 Å². The van der Waals surface area contributed by atoms with Crippen molar-refractivity contribution in [1.29, 1.82) is 0 Å². The van der Waals surface area contributed by atoms with E-state index in [9.17, 15) is 31.4 Å². The Labute approximate surface area is 197 Å². The molecule has 0 radical (unpaired) electrons. The Kier molecular flexibility index (Phi) is 7.84. The van der Waals surface area contributed by atoms with E-state index in [1.807, 2.05) is 0 Å². The first-order valence-corrected chi connectivity index (χ1v) is 10.9. The number of halogens is 7. The van der Waals surface area contributed by atoms with Gasteiger partial charge in [0.05, 0.1) is 12.3 Å². The molecule has 34 heavy (non-hydrogen) atoms. The molecule has 0 aliphatic carbocycles. The van der Waals surface area contributed by atoms with Gasteiger partial charge in [-0.1, -0.05) is 18.2 Å². The van der Waals surface area contributed by atoms with E-state index >= 15 is 0 Å². The summed E-state index contributed by atoms with van der Waals surface area (Å²) >= 11 is 5.96. The van der Waals surface area contributed by atoms with Crippen LogP contribution in [0.5, 0.6) is 5.75 Å². The van der Waals surface area contributed by atoms with Crippen LogP contribution in [0.25, 0.3) is 5.57 Å². The van der Waals surface area contributed by atoms with Crippen LogP contribution in [0.1, 0.15) is 36.1 Å². The van der Waals surface area contributed by atoms with Crippen molar-refractivity contribution in [3.05, 3.63) is 65.0 Å². The quantitative estimate of drug-likeness (QED) is 0.279. The van der Waals surface area contributed by atoms with Crippen molar-refractivity contribution in [2.24, 2.45) is 0 Å². The number of nitrogens with one attached hydrogen (secondary N) is 1. The maximum Gasteiger partial charge on any atom is 0.411 e. The Morgan fingerprint density at radius 2 is 1.79 bits per heavy atom. The summed E-state index contributed by atoms with van der Waals surface area (Å²) in [4.78, 5) is 4.23. The van der Waals surface area contributed by atoms with Crippen LogP contribution in [0.3, 0.4) is 0 Å². The molecule has 2 atom stereocenters. The fraction of sp³-hybridized carbons (Fsp3) is 0.435. The van der Waals surface area contributed by atoms with E-state index in [0.717, 1.165) is 5.56 Å². The van der Waals surface area contributed by atoms with Crippen LogP contribution in [-0.4, -0.2) is 41.2 Å². The number of aryl methyl sites for hydroxylation is 1. The van der Waals surface area contributed by atoms with Gasteiger partial charge in [0, 0.05) is 24.9 Å². The van der Waals surface area contributed by atoms with Crippen LogP contribution < -0.4 is 10.1 Å². The fourth-order valence-electron chi connectivity index (χ4n) is 3.80. The molecule has 1 aromatic carbocycles. The summed E-state index contributed by atoms with van der Waals surface area (Å²) in [7, 11) is 0. The van der Waals surface area contributed by atoms with Crippen LogP contribution in [0.2, 0.25) is 0 Å². The van der Waals surface area contributed by atoms with Gasteiger partial charge in [-0.25, -0.2) is 0 Å².